The molecule has 1 N–H and O–H groups in total. The van der Waals surface area contributed by atoms with Crippen LogP contribution in [0.2, 0.25) is 0 Å². The Hall–Kier alpha value is -4.02. The SMILES string of the molecule is O=C(Nc1cccnn1)c1cnc2ccc(-c3ccccc3OC(F)(F)F)nn12. The highest BCUT2D eigenvalue weighted by molar-refractivity contribution is 6.02. The first-order valence-electron chi connectivity index (χ1n) is 8.20. The molecule has 0 bridgehead atoms. The quantitative estimate of drug-likeness (QED) is 0.565. The van der Waals surface area contributed by atoms with Gasteiger partial charge in [0.2, 0.25) is 0 Å². The number of carbonyl (C=O) groups excluding carboxylic acids is 1. The van der Waals surface area contributed by atoms with Crippen LogP contribution in [0.25, 0.3) is 16.9 Å². The van der Waals surface area contributed by atoms with Gasteiger partial charge in [-0.15, -0.1) is 18.3 Å². The predicted octanol–water partition coefficient (Wildman–Crippen LogP) is 3.34. The van der Waals surface area contributed by atoms with E-state index in [0.717, 1.165) is 0 Å². The number of rotatable bonds is 4. The van der Waals surface area contributed by atoms with Gasteiger partial charge in [-0.05, 0) is 36.4 Å². The smallest absolute Gasteiger partial charge is 0.405 e. The largest absolute Gasteiger partial charge is 0.573 e. The number of amides is 1. The van der Waals surface area contributed by atoms with Gasteiger partial charge in [0.1, 0.15) is 5.75 Å². The summed E-state index contributed by atoms with van der Waals surface area (Å²) in [6.45, 7) is 0. The molecule has 1 aromatic carbocycles. The zero-order valence-corrected chi connectivity index (χ0v) is 14.5. The molecule has 3 aromatic heterocycles. The molecule has 146 valence electrons. The monoisotopic (exact) mass is 400 g/mol. The molecule has 0 unspecified atom stereocenters. The van der Waals surface area contributed by atoms with E-state index in [2.05, 4.69) is 30.3 Å². The minimum atomic E-state index is -4.85. The molecule has 0 saturated carbocycles. The van der Waals surface area contributed by atoms with Gasteiger partial charge in [-0.1, -0.05) is 12.1 Å². The van der Waals surface area contributed by atoms with Crippen LogP contribution in [0.1, 0.15) is 10.5 Å². The average molecular weight is 400 g/mol. The van der Waals surface area contributed by atoms with Crippen LogP contribution in [0.15, 0.2) is 60.9 Å². The summed E-state index contributed by atoms with van der Waals surface area (Å²) in [5.74, 6) is -0.729. The highest BCUT2D eigenvalue weighted by Gasteiger charge is 2.32. The summed E-state index contributed by atoms with van der Waals surface area (Å²) in [6.07, 6.45) is -2.09. The van der Waals surface area contributed by atoms with E-state index < -0.39 is 18.0 Å². The lowest BCUT2D eigenvalue weighted by Gasteiger charge is -2.13. The van der Waals surface area contributed by atoms with Crippen LogP contribution in [-0.2, 0) is 0 Å². The van der Waals surface area contributed by atoms with Gasteiger partial charge in [0.25, 0.3) is 5.91 Å². The molecular weight excluding hydrogens is 389 g/mol. The number of benzene rings is 1. The number of imidazole rings is 1. The molecule has 8 nitrogen and oxygen atoms in total. The third-order valence-electron chi connectivity index (χ3n) is 3.80. The fourth-order valence-corrected chi connectivity index (χ4v) is 2.61. The molecule has 3 heterocycles. The molecule has 0 spiro atoms. The summed E-state index contributed by atoms with van der Waals surface area (Å²) < 4.78 is 43.4. The molecule has 4 rings (SSSR count). The van der Waals surface area contributed by atoms with Crippen molar-refractivity contribution in [3.8, 4) is 17.0 Å². The topological polar surface area (TPSA) is 94.3 Å². The third-order valence-corrected chi connectivity index (χ3v) is 3.80. The van der Waals surface area contributed by atoms with Gasteiger partial charge in [-0.3, -0.25) is 4.79 Å². The molecule has 11 heteroatoms. The Labute approximate surface area is 161 Å². The van der Waals surface area contributed by atoms with Crippen LogP contribution in [-0.4, -0.2) is 37.1 Å². The predicted molar refractivity (Wildman–Crippen MR) is 95.1 cm³/mol. The minimum absolute atomic E-state index is 0.0710. The number of anilines is 1. The number of halogens is 3. The normalized spacial score (nSPS) is 11.4. The average Bonchev–Trinajstić information content (AvgIpc) is 3.11. The maximum atomic E-state index is 12.7. The van der Waals surface area contributed by atoms with E-state index in [1.807, 2.05) is 0 Å². The van der Waals surface area contributed by atoms with E-state index in [1.54, 1.807) is 18.2 Å². The Bertz CT molecular complexity index is 1180. The first-order valence-corrected chi connectivity index (χ1v) is 8.20. The minimum Gasteiger partial charge on any atom is -0.405 e. The number of ether oxygens (including phenoxy) is 1. The van der Waals surface area contributed by atoms with Gasteiger partial charge in [-0.25, -0.2) is 9.50 Å². The molecular formula is C18H11F3N6O2. The molecule has 29 heavy (non-hydrogen) atoms. The number of nitrogens with one attached hydrogen (secondary N) is 1. The summed E-state index contributed by atoms with van der Waals surface area (Å²) in [4.78, 5) is 16.6. The highest BCUT2D eigenvalue weighted by Crippen LogP contribution is 2.32. The maximum Gasteiger partial charge on any atom is 0.573 e. The standard InChI is InChI=1S/C18H11F3N6O2/c19-18(20,21)29-14-5-2-1-4-11(14)12-7-8-16-22-10-13(27(16)26-12)17(28)24-15-6-3-9-23-25-15/h1-10H,(H,24,25,28). The van der Waals surface area contributed by atoms with Gasteiger partial charge in [0.15, 0.2) is 17.2 Å². The van der Waals surface area contributed by atoms with Crippen LogP contribution in [0.5, 0.6) is 5.75 Å². The van der Waals surface area contributed by atoms with E-state index in [0.29, 0.717) is 5.65 Å². The van der Waals surface area contributed by atoms with Crippen molar-refractivity contribution in [2.24, 2.45) is 0 Å². The van der Waals surface area contributed by atoms with Gasteiger partial charge in [-0.2, -0.15) is 10.2 Å². The van der Waals surface area contributed by atoms with E-state index in [1.165, 1.54) is 47.2 Å². The second kappa shape index (κ2) is 7.19. The van der Waals surface area contributed by atoms with Gasteiger partial charge < -0.3 is 10.1 Å². The Kier molecular flexibility index (Phi) is 4.55. The lowest BCUT2D eigenvalue weighted by Crippen LogP contribution is -2.18. The Morgan fingerprint density at radius 2 is 1.90 bits per heavy atom. The molecule has 0 saturated heterocycles. The third kappa shape index (κ3) is 3.98. The summed E-state index contributed by atoms with van der Waals surface area (Å²) >= 11 is 0. The first kappa shape index (κ1) is 18.3. The number of alkyl halides is 3. The number of fused-ring (bicyclic) bond motifs is 1. The molecule has 4 aromatic rings. The second-order valence-electron chi connectivity index (χ2n) is 5.74. The number of para-hydroxylation sites is 1. The van der Waals surface area contributed by atoms with Crippen molar-refractivity contribution in [1.82, 2.24) is 24.8 Å². The Balaban J connectivity index is 1.72. The first-order chi connectivity index (χ1) is 13.9. The molecule has 0 radical (unpaired) electrons. The van der Waals surface area contributed by atoms with Crippen molar-refractivity contribution in [1.29, 1.82) is 0 Å². The molecule has 0 aliphatic carbocycles. The maximum absolute atomic E-state index is 12.7. The molecule has 1 amide bonds. The van der Waals surface area contributed by atoms with E-state index in [-0.39, 0.29) is 22.8 Å². The Morgan fingerprint density at radius 1 is 1.07 bits per heavy atom. The summed E-state index contributed by atoms with van der Waals surface area (Å²) in [5.41, 5.74) is 0.693. The van der Waals surface area contributed by atoms with Crippen molar-refractivity contribution >= 4 is 17.4 Å². The second-order valence-corrected chi connectivity index (χ2v) is 5.74. The Morgan fingerprint density at radius 3 is 2.66 bits per heavy atom. The number of hydrogen-bond acceptors (Lipinski definition) is 6. The van der Waals surface area contributed by atoms with Crippen molar-refractivity contribution in [3.63, 3.8) is 0 Å². The molecule has 0 fully saturated rings. The lowest BCUT2D eigenvalue weighted by atomic mass is 10.1. The fourth-order valence-electron chi connectivity index (χ4n) is 2.61. The summed E-state index contributed by atoms with van der Waals surface area (Å²) in [7, 11) is 0. The van der Waals surface area contributed by atoms with Crippen molar-refractivity contribution in [3.05, 3.63) is 66.6 Å². The number of carbonyl (C=O) groups is 1. The van der Waals surface area contributed by atoms with Crippen LogP contribution >= 0.6 is 0 Å². The van der Waals surface area contributed by atoms with E-state index >= 15 is 0 Å². The fraction of sp³-hybridized carbons (Fsp3) is 0.0556. The molecule has 0 aliphatic heterocycles. The van der Waals surface area contributed by atoms with Gasteiger partial charge in [0.05, 0.1) is 11.9 Å². The van der Waals surface area contributed by atoms with E-state index in [4.69, 9.17) is 0 Å². The van der Waals surface area contributed by atoms with Crippen LogP contribution in [0.3, 0.4) is 0 Å². The van der Waals surface area contributed by atoms with E-state index in [9.17, 15) is 18.0 Å². The number of aromatic nitrogens is 5. The van der Waals surface area contributed by atoms with Crippen molar-refractivity contribution in [2.75, 3.05) is 5.32 Å². The van der Waals surface area contributed by atoms with Crippen LogP contribution in [0, 0.1) is 0 Å². The van der Waals surface area contributed by atoms with Crippen molar-refractivity contribution < 1.29 is 22.7 Å². The summed E-state index contributed by atoms with van der Waals surface area (Å²) in [6, 6.07) is 11.8. The zero-order valence-electron chi connectivity index (χ0n) is 14.5. The van der Waals surface area contributed by atoms with Gasteiger partial charge >= 0.3 is 6.36 Å². The zero-order chi connectivity index (χ0) is 20.4. The molecule has 0 aliphatic rings. The lowest BCUT2D eigenvalue weighted by molar-refractivity contribution is -0.274. The number of hydrogen-bond donors (Lipinski definition) is 1. The van der Waals surface area contributed by atoms with Gasteiger partial charge in [0, 0.05) is 11.8 Å². The summed E-state index contributed by atoms with van der Waals surface area (Å²) in [5, 5.41) is 14.2. The number of nitrogens with zero attached hydrogens (tertiary/aromatic N) is 5. The van der Waals surface area contributed by atoms with Crippen LogP contribution < -0.4 is 10.1 Å². The van der Waals surface area contributed by atoms with Crippen LogP contribution in [0.4, 0.5) is 19.0 Å². The highest BCUT2D eigenvalue weighted by atomic mass is 19.4. The van der Waals surface area contributed by atoms with Crippen molar-refractivity contribution in [2.45, 2.75) is 6.36 Å². The molecule has 0 atom stereocenters.